The molecule has 4 rings (SSSR count). The highest BCUT2D eigenvalue weighted by Gasteiger charge is 2.24. The predicted octanol–water partition coefficient (Wildman–Crippen LogP) is 4.03. The van der Waals surface area contributed by atoms with E-state index in [-0.39, 0.29) is 4.90 Å². The zero-order valence-corrected chi connectivity index (χ0v) is 18.4. The summed E-state index contributed by atoms with van der Waals surface area (Å²) in [5, 5.41) is 11.2. The molecule has 0 aliphatic heterocycles. The number of aryl methyl sites for hydroxylation is 3. The summed E-state index contributed by atoms with van der Waals surface area (Å²) in [5.41, 5.74) is 3.52. The van der Waals surface area contributed by atoms with Gasteiger partial charge in [-0.2, -0.15) is 10.2 Å². The zero-order valence-electron chi connectivity index (χ0n) is 17.5. The number of hydrogen-bond acceptors (Lipinski definition) is 4. The van der Waals surface area contributed by atoms with Crippen LogP contribution in [0.2, 0.25) is 0 Å². The van der Waals surface area contributed by atoms with E-state index in [2.05, 4.69) is 39.2 Å². The highest BCUT2D eigenvalue weighted by molar-refractivity contribution is 7.92. The van der Waals surface area contributed by atoms with Gasteiger partial charge in [0.1, 0.15) is 4.90 Å². The molecule has 0 saturated heterocycles. The monoisotopic (exact) mass is 423 g/mol. The summed E-state index contributed by atoms with van der Waals surface area (Å²) in [6.07, 6.45) is 1.56. The standard InChI is InChI=1S/C22H25N5O2S/c1-5-26-14-21(15(2)23-26)30(28,29)25-22-16(3)24-27(17(22)4)13-19-11-8-10-18-9-6-7-12-20(18)19/h6-12,14,25H,5,13H2,1-4H3. The third-order valence-corrected chi connectivity index (χ3v) is 6.79. The number of aromatic nitrogens is 4. The molecule has 30 heavy (non-hydrogen) atoms. The second-order valence-corrected chi connectivity index (χ2v) is 9.03. The Morgan fingerprint density at radius 2 is 1.70 bits per heavy atom. The first-order chi connectivity index (χ1) is 14.3. The minimum absolute atomic E-state index is 0.185. The van der Waals surface area contributed by atoms with E-state index in [9.17, 15) is 8.42 Å². The van der Waals surface area contributed by atoms with Crippen LogP contribution >= 0.6 is 0 Å². The SMILES string of the molecule is CCn1cc(S(=O)(=O)Nc2c(C)nn(Cc3cccc4ccccc34)c2C)c(C)n1. The molecular formula is C22H25N5O2S. The van der Waals surface area contributed by atoms with Gasteiger partial charge in [0.05, 0.1) is 29.3 Å². The molecule has 0 amide bonds. The van der Waals surface area contributed by atoms with Crippen molar-refractivity contribution < 1.29 is 8.42 Å². The lowest BCUT2D eigenvalue weighted by atomic mass is 10.0. The molecule has 0 aliphatic rings. The number of nitrogens with one attached hydrogen (secondary N) is 1. The minimum Gasteiger partial charge on any atom is -0.276 e. The van der Waals surface area contributed by atoms with E-state index >= 15 is 0 Å². The quantitative estimate of drug-likeness (QED) is 0.508. The Hall–Kier alpha value is -3.13. The fourth-order valence-corrected chi connectivity index (χ4v) is 5.07. The van der Waals surface area contributed by atoms with Gasteiger partial charge in [-0.1, -0.05) is 42.5 Å². The van der Waals surface area contributed by atoms with Gasteiger partial charge in [0.15, 0.2) is 0 Å². The van der Waals surface area contributed by atoms with Crippen LogP contribution < -0.4 is 4.72 Å². The lowest BCUT2D eigenvalue weighted by molar-refractivity contribution is 0.600. The number of nitrogens with zero attached hydrogens (tertiary/aromatic N) is 4. The van der Waals surface area contributed by atoms with Crippen molar-refractivity contribution in [2.24, 2.45) is 0 Å². The molecule has 0 aliphatic carbocycles. The topological polar surface area (TPSA) is 81.8 Å². The summed E-state index contributed by atoms with van der Waals surface area (Å²) < 4.78 is 32.2. The molecule has 0 bridgehead atoms. The number of benzene rings is 2. The lowest BCUT2D eigenvalue weighted by Gasteiger charge is -2.10. The van der Waals surface area contributed by atoms with E-state index in [4.69, 9.17) is 0 Å². The lowest BCUT2D eigenvalue weighted by Crippen LogP contribution is -2.15. The van der Waals surface area contributed by atoms with Gasteiger partial charge in [0.2, 0.25) is 0 Å². The molecular weight excluding hydrogens is 398 g/mol. The fourth-order valence-electron chi connectivity index (χ4n) is 3.71. The Balaban J connectivity index is 1.68. The molecule has 156 valence electrons. The summed E-state index contributed by atoms with van der Waals surface area (Å²) >= 11 is 0. The van der Waals surface area contributed by atoms with Crippen LogP contribution in [0, 0.1) is 20.8 Å². The third kappa shape index (κ3) is 3.59. The van der Waals surface area contributed by atoms with Crippen molar-refractivity contribution in [3.63, 3.8) is 0 Å². The van der Waals surface area contributed by atoms with Gasteiger partial charge in [0.25, 0.3) is 10.0 Å². The number of hydrogen-bond donors (Lipinski definition) is 1. The van der Waals surface area contributed by atoms with Crippen LogP contribution in [0.3, 0.4) is 0 Å². The molecule has 2 heterocycles. The van der Waals surface area contributed by atoms with E-state index in [0.29, 0.717) is 30.2 Å². The van der Waals surface area contributed by atoms with E-state index in [1.807, 2.05) is 43.7 Å². The van der Waals surface area contributed by atoms with E-state index in [1.54, 1.807) is 17.8 Å². The van der Waals surface area contributed by atoms with Crippen molar-refractivity contribution in [1.29, 1.82) is 0 Å². The van der Waals surface area contributed by atoms with Crippen LogP contribution in [0.25, 0.3) is 10.8 Å². The average Bonchev–Trinajstić information content (AvgIpc) is 3.23. The predicted molar refractivity (Wildman–Crippen MR) is 118 cm³/mol. The van der Waals surface area contributed by atoms with Crippen LogP contribution in [0.15, 0.2) is 53.6 Å². The molecule has 0 fully saturated rings. The first kappa shape index (κ1) is 20.2. The Kier molecular flexibility index (Phi) is 5.11. The maximum absolute atomic E-state index is 13.0. The minimum atomic E-state index is -3.76. The van der Waals surface area contributed by atoms with Crippen LogP contribution in [-0.4, -0.2) is 28.0 Å². The Morgan fingerprint density at radius 3 is 2.43 bits per heavy atom. The second kappa shape index (κ2) is 7.60. The highest BCUT2D eigenvalue weighted by atomic mass is 32.2. The third-order valence-electron chi connectivity index (χ3n) is 5.33. The van der Waals surface area contributed by atoms with Gasteiger partial charge >= 0.3 is 0 Å². The van der Waals surface area contributed by atoms with Crippen molar-refractivity contribution in [3.05, 3.63) is 71.3 Å². The maximum atomic E-state index is 13.0. The summed E-state index contributed by atoms with van der Waals surface area (Å²) in [7, 11) is -3.76. The van der Waals surface area contributed by atoms with Gasteiger partial charge in [-0.3, -0.25) is 14.1 Å². The Morgan fingerprint density at radius 1 is 0.967 bits per heavy atom. The van der Waals surface area contributed by atoms with Crippen molar-refractivity contribution in [2.75, 3.05) is 4.72 Å². The molecule has 0 radical (unpaired) electrons. The average molecular weight is 424 g/mol. The number of rotatable bonds is 6. The number of fused-ring (bicyclic) bond motifs is 1. The molecule has 2 aromatic carbocycles. The van der Waals surface area contributed by atoms with Crippen molar-refractivity contribution in [3.8, 4) is 0 Å². The van der Waals surface area contributed by atoms with Gasteiger partial charge in [0, 0.05) is 12.7 Å². The highest BCUT2D eigenvalue weighted by Crippen LogP contribution is 2.26. The van der Waals surface area contributed by atoms with Crippen LogP contribution in [-0.2, 0) is 23.1 Å². The Labute approximate surface area is 176 Å². The summed E-state index contributed by atoms with van der Waals surface area (Å²) in [6, 6.07) is 14.4. The number of anilines is 1. The van der Waals surface area contributed by atoms with Crippen molar-refractivity contribution >= 4 is 26.5 Å². The zero-order chi connectivity index (χ0) is 21.5. The normalized spacial score (nSPS) is 11.9. The van der Waals surface area contributed by atoms with Gasteiger partial charge in [-0.15, -0.1) is 0 Å². The van der Waals surface area contributed by atoms with Gasteiger partial charge in [-0.25, -0.2) is 8.42 Å². The first-order valence-electron chi connectivity index (χ1n) is 9.87. The van der Waals surface area contributed by atoms with Crippen LogP contribution in [0.1, 0.15) is 29.6 Å². The summed E-state index contributed by atoms with van der Waals surface area (Å²) in [6.45, 7) is 8.48. The first-order valence-corrected chi connectivity index (χ1v) is 11.4. The summed E-state index contributed by atoms with van der Waals surface area (Å²) in [4.78, 5) is 0.185. The Bertz CT molecular complexity index is 1330. The smallest absolute Gasteiger partial charge is 0.265 e. The largest absolute Gasteiger partial charge is 0.276 e. The van der Waals surface area contributed by atoms with Crippen molar-refractivity contribution in [1.82, 2.24) is 19.6 Å². The second-order valence-electron chi connectivity index (χ2n) is 7.38. The molecule has 4 aromatic rings. The van der Waals surface area contributed by atoms with Crippen molar-refractivity contribution in [2.45, 2.75) is 45.7 Å². The molecule has 0 unspecified atom stereocenters. The fraction of sp³-hybridized carbons (Fsp3) is 0.273. The van der Waals surface area contributed by atoms with Crippen LogP contribution in [0.4, 0.5) is 5.69 Å². The summed E-state index contributed by atoms with van der Waals surface area (Å²) in [5.74, 6) is 0. The van der Waals surface area contributed by atoms with Gasteiger partial charge in [-0.05, 0) is 44.0 Å². The number of sulfonamides is 1. The van der Waals surface area contributed by atoms with E-state index < -0.39 is 10.0 Å². The van der Waals surface area contributed by atoms with E-state index in [0.717, 1.165) is 16.6 Å². The molecule has 0 spiro atoms. The molecule has 0 saturated carbocycles. The molecule has 0 atom stereocenters. The van der Waals surface area contributed by atoms with Gasteiger partial charge < -0.3 is 0 Å². The van der Waals surface area contributed by atoms with E-state index in [1.165, 1.54) is 5.39 Å². The van der Waals surface area contributed by atoms with Crippen LogP contribution in [0.5, 0.6) is 0 Å². The maximum Gasteiger partial charge on any atom is 0.265 e. The molecule has 7 nitrogen and oxygen atoms in total. The molecule has 1 N–H and O–H groups in total. The molecule has 8 heteroatoms. The molecule has 2 aromatic heterocycles.